The van der Waals surface area contributed by atoms with Gasteiger partial charge in [0.2, 0.25) is 5.78 Å². The fourth-order valence-electron chi connectivity index (χ4n) is 1.73. The minimum absolute atomic E-state index is 0.155. The Bertz CT molecular complexity index is 787. The molecule has 0 aliphatic rings. The van der Waals surface area contributed by atoms with Gasteiger partial charge >= 0.3 is 0 Å². The molecule has 2 aromatic heterocycles. The van der Waals surface area contributed by atoms with E-state index in [9.17, 15) is 4.79 Å². The normalized spacial score (nSPS) is 10.8. The molecule has 0 unspecified atom stereocenters. The Hall–Kier alpha value is -1.30. The van der Waals surface area contributed by atoms with E-state index in [-0.39, 0.29) is 10.9 Å². The van der Waals surface area contributed by atoms with Crippen molar-refractivity contribution in [3.63, 3.8) is 0 Å². The predicted octanol–water partition coefficient (Wildman–Crippen LogP) is 4.34. The number of halogens is 2. The molecule has 0 amide bonds. The summed E-state index contributed by atoms with van der Waals surface area (Å²) in [6.07, 6.45) is 1.29. The average molecular weight is 354 g/mol. The lowest BCUT2D eigenvalue weighted by Crippen LogP contribution is -2.02. The Balaban J connectivity index is 2.14. The third-order valence-electron chi connectivity index (χ3n) is 2.61. The van der Waals surface area contributed by atoms with Gasteiger partial charge in [-0.2, -0.15) is 0 Å². The van der Waals surface area contributed by atoms with Gasteiger partial charge in [-0.15, -0.1) is 11.3 Å². The molecule has 0 atom stereocenters. The molecule has 0 aliphatic carbocycles. The number of thiophene rings is 1. The lowest BCUT2D eigenvalue weighted by Gasteiger charge is -1.98. The summed E-state index contributed by atoms with van der Waals surface area (Å²) in [4.78, 5) is 20.8. The minimum Gasteiger partial charge on any atom is -0.286 e. The van der Waals surface area contributed by atoms with E-state index in [4.69, 9.17) is 11.6 Å². The SMILES string of the molecule is O=C(c1cc(Cl)ncn1)c1sc2ccccc2c1Br. The highest BCUT2D eigenvalue weighted by Crippen LogP contribution is 2.36. The minimum atomic E-state index is -0.155. The van der Waals surface area contributed by atoms with Crippen molar-refractivity contribution in [2.75, 3.05) is 0 Å². The topological polar surface area (TPSA) is 42.9 Å². The third-order valence-corrected chi connectivity index (χ3v) is 5.07. The van der Waals surface area contributed by atoms with Gasteiger partial charge in [0.1, 0.15) is 17.2 Å². The van der Waals surface area contributed by atoms with Crippen LogP contribution in [0.15, 0.2) is 41.1 Å². The second kappa shape index (κ2) is 5.00. The van der Waals surface area contributed by atoms with E-state index < -0.39 is 0 Å². The highest BCUT2D eigenvalue weighted by molar-refractivity contribution is 9.10. The van der Waals surface area contributed by atoms with E-state index in [0.29, 0.717) is 10.6 Å². The molecule has 0 radical (unpaired) electrons. The van der Waals surface area contributed by atoms with Gasteiger partial charge in [-0.1, -0.05) is 29.8 Å². The largest absolute Gasteiger partial charge is 0.286 e. The molecule has 94 valence electrons. The number of rotatable bonds is 2. The van der Waals surface area contributed by atoms with Gasteiger partial charge in [0.05, 0.1) is 4.88 Å². The van der Waals surface area contributed by atoms with Crippen molar-refractivity contribution in [1.82, 2.24) is 9.97 Å². The third kappa shape index (κ3) is 2.29. The summed E-state index contributed by atoms with van der Waals surface area (Å²) in [6.45, 7) is 0. The van der Waals surface area contributed by atoms with Crippen LogP contribution in [-0.4, -0.2) is 15.8 Å². The van der Waals surface area contributed by atoms with Crippen LogP contribution in [0.5, 0.6) is 0 Å². The van der Waals surface area contributed by atoms with Crippen molar-refractivity contribution < 1.29 is 4.79 Å². The van der Waals surface area contributed by atoms with Crippen molar-refractivity contribution in [3.05, 3.63) is 56.9 Å². The van der Waals surface area contributed by atoms with E-state index in [0.717, 1.165) is 14.6 Å². The first-order valence-electron chi connectivity index (χ1n) is 5.36. The molecule has 1 aromatic carbocycles. The Kier molecular flexibility index (Phi) is 3.35. The number of benzene rings is 1. The Labute approximate surface area is 126 Å². The van der Waals surface area contributed by atoms with Gasteiger partial charge in [-0.05, 0) is 22.0 Å². The molecule has 3 nitrogen and oxygen atoms in total. The van der Waals surface area contributed by atoms with Crippen LogP contribution in [0, 0.1) is 0 Å². The summed E-state index contributed by atoms with van der Waals surface area (Å²) in [6, 6.07) is 9.31. The molecule has 0 bridgehead atoms. The van der Waals surface area contributed by atoms with Crippen LogP contribution in [-0.2, 0) is 0 Å². The second-order valence-corrected chi connectivity index (χ2v) is 6.03. The Morgan fingerprint density at radius 1 is 1.26 bits per heavy atom. The van der Waals surface area contributed by atoms with Gasteiger partial charge in [-0.25, -0.2) is 9.97 Å². The summed E-state index contributed by atoms with van der Waals surface area (Å²) < 4.78 is 1.85. The maximum absolute atomic E-state index is 12.4. The molecule has 19 heavy (non-hydrogen) atoms. The Morgan fingerprint density at radius 3 is 2.79 bits per heavy atom. The van der Waals surface area contributed by atoms with E-state index in [1.807, 2.05) is 24.3 Å². The Morgan fingerprint density at radius 2 is 2.05 bits per heavy atom. The number of nitrogens with zero attached hydrogens (tertiary/aromatic N) is 2. The molecular formula is C13H6BrClN2OS. The van der Waals surface area contributed by atoms with E-state index >= 15 is 0 Å². The molecule has 3 rings (SSSR count). The number of hydrogen-bond acceptors (Lipinski definition) is 4. The van der Waals surface area contributed by atoms with Crippen molar-refractivity contribution in [2.45, 2.75) is 0 Å². The van der Waals surface area contributed by atoms with Crippen LogP contribution in [0.2, 0.25) is 5.15 Å². The van der Waals surface area contributed by atoms with Gasteiger partial charge < -0.3 is 0 Å². The van der Waals surface area contributed by atoms with Crippen LogP contribution in [0.1, 0.15) is 15.4 Å². The van der Waals surface area contributed by atoms with Gasteiger partial charge in [0, 0.05) is 20.6 Å². The zero-order valence-corrected chi connectivity index (χ0v) is 12.6. The zero-order chi connectivity index (χ0) is 13.4. The average Bonchev–Trinajstić information content (AvgIpc) is 2.76. The first kappa shape index (κ1) is 12.7. The van der Waals surface area contributed by atoms with Gasteiger partial charge in [-0.3, -0.25) is 4.79 Å². The fourth-order valence-corrected chi connectivity index (χ4v) is 3.82. The summed E-state index contributed by atoms with van der Waals surface area (Å²) in [7, 11) is 0. The highest BCUT2D eigenvalue weighted by Gasteiger charge is 2.19. The molecule has 0 N–H and O–H groups in total. The first-order chi connectivity index (χ1) is 9.16. The molecule has 6 heteroatoms. The molecular weight excluding hydrogens is 348 g/mol. The van der Waals surface area contributed by atoms with E-state index in [1.165, 1.54) is 23.7 Å². The molecule has 3 aromatic rings. The number of carbonyl (C=O) groups is 1. The number of aromatic nitrogens is 2. The van der Waals surface area contributed by atoms with Crippen molar-refractivity contribution in [2.24, 2.45) is 0 Å². The van der Waals surface area contributed by atoms with Crippen LogP contribution < -0.4 is 0 Å². The van der Waals surface area contributed by atoms with Crippen LogP contribution in [0.3, 0.4) is 0 Å². The fraction of sp³-hybridized carbons (Fsp3) is 0. The lowest BCUT2D eigenvalue weighted by atomic mass is 10.2. The maximum Gasteiger partial charge on any atom is 0.222 e. The van der Waals surface area contributed by atoms with E-state index in [2.05, 4.69) is 25.9 Å². The summed E-state index contributed by atoms with van der Waals surface area (Å²) in [5.41, 5.74) is 0.298. The van der Waals surface area contributed by atoms with Crippen molar-refractivity contribution in [1.29, 1.82) is 0 Å². The molecule has 0 saturated carbocycles. The quantitative estimate of drug-likeness (QED) is 0.508. The second-order valence-electron chi connectivity index (χ2n) is 3.80. The first-order valence-corrected chi connectivity index (χ1v) is 7.35. The number of fused-ring (bicyclic) bond motifs is 1. The van der Waals surface area contributed by atoms with E-state index in [1.54, 1.807) is 0 Å². The standard InChI is InChI=1S/C13H6BrClN2OS/c14-11-7-3-1-2-4-9(7)19-13(11)12(18)8-5-10(15)17-6-16-8/h1-6H. The van der Waals surface area contributed by atoms with Crippen molar-refractivity contribution >= 4 is 54.7 Å². The zero-order valence-electron chi connectivity index (χ0n) is 9.43. The molecule has 0 fully saturated rings. The van der Waals surface area contributed by atoms with Crippen LogP contribution in [0.4, 0.5) is 0 Å². The molecule has 0 spiro atoms. The van der Waals surface area contributed by atoms with Crippen molar-refractivity contribution in [3.8, 4) is 0 Å². The molecule has 2 heterocycles. The van der Waals surface area contributed by atoms with Crippen LogP contribution >= 0.6 is 38.9 Å². The smallest absolute Gasteiger partial charge is 0.222 e. The highest BCUT2D eigenvalue weighted by atomic mass is 79.9. The summed E-state index contributed by atoms with van der Waals surface area (Å²) >= 11 is 10.7. The number of ketones is 1. The monoisotopic (exact) mass is 352 g/mol. The number of hydrogen-bond donors (Lipinski definition) is 0. The molecule has 0 saturated heterocycles. The maximum atomic E-state index is 12.4. The van der Waals surface area contributed by atoms with Gasteiger partial charge in [0.25, 0.3) is 0 Å². The lowest BCUT2D eigenvalue weighted by molar-refractivity contribution is 0.103. The number of carbonyl (C=O) groups excluding carboxylic acids is 1. The molecule has 0 aliphatic heterocycles. The van der Waals surface area contributed by atoms with Crippen LogP contribution in [0.25, 0.3) is 10.1 Å². The predicted molar refractivity (Wildman–Crippen MR) is 80.0 cm³/mol. The summed E-state index contributed by atoms with van der Waals surface area (Å²) in [5.74, 6) is -0.155. The summed E-state index contributed by atoms with van der Waals surface area (Å²) in [5, 5.41) is 1.28. The van der Waals surface area contributed by atoms with Gasteiger partial charge in [0.15, 0.2) is 0 Å².